The summed E-state index contributed by atoms with van der Waals surface area (Å²) in [6, 6.07) is 6.58. The zero-order valence-corrected chi connectivity index (χ0v) is 10.3. The van der Waals surface area contributed by atoms with E-state index in [1.54, 1.807) is 6.20 Å². The molecule has 3 nitrogen and oxygen atoms in total. The first kappa shape index (κ1) is 12.1. The van der Waals surface area contributed by atoms with Crippen LogP contribution in [0.25, 0.3) is 0 Å². The van der Waals surface area contributed by atoms with Gasteiger partial charge in [0.25, 0.3) is 0 Å². The lowest BCUT2D eigenvalue weighted by Gasteiger charge is -2.16. The van der Waals surface area contributed by atoms with Crippen molar-refractivity contribution in [3.63, 3.8) is 0 Å². The highest BCUT2D eigenvalue weighted by atomic mass is 14.9. The molecule has 1 unspecified atom stereocenters. The second kappa shape index (κ2) is 5.79. The maximum absolute atomic E-state index is 8.96. The minimum absolute atomic E-state index is 0.543. The Morgan fingerprint density at radius 3 is 3.06 bits per heavy atom. The average Bonchev–Trinajstić information content (AvgIpc) is 3.18. The van der Waals surface area contributed by atoms with Gasteiger partial charge in [0.15, 0.2) is 0 Å². The van der Waals surface area contributed by atoms with E-state index in [2.05, 4.69) is 23.3 Å². The molecule has 90 valence electrons. The Balaban J connectivity index is 1.89. The van der Waals surface area contributed by atoms with E-state index in [9.17, 15) is 0 Å². The van der Waals surface area contributed by atoms with E-state index in [-0.39, 0.29) is 0 Å². The Bertz CT molecular complexity index is 404. The maximum atomic E-state index is 8.96. The van der Waals surface area contributed by atoms with Crippen LogP contribution in [-0.4, -0.2) is 11.0 Å². The number of hydrogen-bond acceptors (Lipinski definition) is 3. The molecule has 0 aliphatic heterocycles. The molecule has 1 heterocycles. The molecular formula is C14H19N3. The van der Waals surface area contributed by atoms with Crippen LogP contribution in [0.5, 0.6) is 0 Å². The van der Waals surface area contributed by atoms with Crippen molar-refractivity contribution in [1.29, 1.82) is 5.26 Å². The predicted molar refractivity (Wildman–Crippen MR) is 67.2 cm³/mol. The van der Waals surface area contributed by atoms with Gasteiger partial charge in [0, 0.05) is 24.3 Å². The van der Waals surface area contributed by atoms with Crippen LogP contribution in [0.15, 0.2) is 18.3 Å². The summed E-state index contributed by atoms with van der Waals surface area (Å²) in [6.45, 7) is 2.97. The fourth-order valence-corrected chi connectivity index (χ4v) is 2.09. The Kier molecular flexibility index (Phi) is 4.11. The van der Waals surface area contributed by atoms with Gasteiger partial charge in [-0.25, -0.2) is 4.98 Å². The smallest absolute Gasteiger partial charge is 0.144 e. The second-order valence-electron chi connectivity index (χ2n) is 4.79. The van der Waals surface area contributed by atoms with Gasteiger partial charge in [0.05, 0.1) is 0 Å². The molecule has 0 radical (unpaired) electrons. The molecule has 0 amide bonds. The summed E-state index contributed by atoms with van der Waals surface area (Å²) in [5, 5.41) is 12.5. The minimum atomic E-state index is 0.543. The third-order valence-electron chi connectivity index (χ3n) is 3.39. The van der Waals surface area contributed by atoms with Crippen molar-refractivity contribution in [3.8, 4) is 6.07 Å². The predicted octanol–water partition coefficient (Wildman–Crippen LogP) is 2.62. The van der Waals surface area contributed by atoms with Crippen LogP contribution >= 0.6 is 0 Å². The first-order valence-electron chi connectivity index (χ1n) is 6.40. The molecule has 0 spiro atoms. The Labute approximate surface area is 103 Å². The minimum Gasteiger partial charge on any atom is -0.310 e. The van der Waals surface area contributed by atoms with Gasteiger partial charge in [-0.3, -0.25) is 0 Å². The van der Waals surface area contributed by atoms with Crippen LogP contribution in [-0.2, 0) is 6.54 Å². The van der Waals surface area contributed by atoms with Crippen molar-refractivity contribution in [2.24, 2.45) is 5.92 Å². The van der Waals surface area contributed by atoms with Crippen LogP contribution in [0, 0.1) is 17.2 Å². The molecule has 1 aromatic rings. The molecule has 1 N–H and O–H groups in total. The lowest BCUT2D eigenvalue weighted by Crippen LogP contribution is -2.28. The van der Waals surface area contributed by atoms with E-state index < -0.39 is 0 Å². The summed E-state index contributed by atoms with van der Waals surface area (Å²) < 4.78 is 0. The molecule has 2 rings (SSSR count). The molecule has 1 aromatic heterocycles. The molecule has 1 aliphatic rings. The molecular weight excluding hydrogens is 210 g/mol. The number of rotatable bonds is 6. The van der Waals surface area contributed by atoms with E-state index in [1.807, 2.05) is 12.1 Å². The van der Waals surface area contributed by atoms with Crippen molar-refractivity contribution in [2.75, 3.05) is 0 Å². The maximum Gasteiger partial charge on any atom is 0.144 e. The van der Waals surface area contributed by atoms with Crippen LogP contribution in [0.4, 0.5) is 0 Å². The molecule has 0 saturated heterocycles. The van der Waals surface area contributed by atoms with Crippen molar-refractivity contribution >= 4 is 0 Å². The quantitative estimate of drug-likeness (QED) is 0.815. The molecule has 1 fully saturated rings. The number of aromatic nitrogens is 1. The first-order chi connectivity index (χ1) is 8.33. The number of hydrogen-bond donors (Lipinski definition) is 1. The normalized spacial score (nSPS) is 16.5. The zero-order valence-electron chi connectivity index (χ0n) is 10.3. The summed E-state index contributed by atoms with van der Waals surface area (Å²) in [5.74, 6) is 0.941. The SMILES string of the molecule is CCC(CC1CC1)NCc1cccnc1C#N. The Morgan fingerprint density at radius 1 is 1.59 bits per heavy atom. The number of nitriles is 1. The molecule has 1 atom stereocenters. The van der Waals surface area contributed by atoms with E-state index in [1.165, 1.54) is 19.3 Å². The topological polar surface area (TPSA) is 48.7 Å². The summed E-state index contributed by atoms with van der Waals surface area (Å²) >= 11 is 0. The standard InChI is InChI=1S/C14H19N3/c1-2-13(8-11-5-6-11)17-10-12-4-3-7-16-14(12)9-15/h3-4,7,11,13,17H,2,5-6,8,10H2,1H3. The highest BCUT2D eigenvalue weighted by Gasteiger charge is 2.24. The van der Waals surface area contributed by atoms with Crippen LogP contribution < -0.4 is 5.32 Å². The monoisotopic (exact) mass is 229 g/mol. The van der Waals surface area contributed by atoms with Gasteiger partial charge in [-0.1, -0.05) is 25.8 Å². The summed E-state index contributed by atoms with van der Waals surface area (Å²) in [4.78, 5) is 4.07. The fraction of sp³-hybridized carbons (Fsp3) is 0.571. The summed E-state index contributed by atoms with van der Waals surface area (Å²) in [6.07, 6.45) is 6.89. The van der Waals surface area contributed by atoms with Crippen molar-refractivity contribution in [3.05, 3.63) is 29.6 Å². The number of pyridine rings is 1. The number of nitrogens with zero attached hydrogens (tertiary/aromatic N) is 2. The Hall–Kier alpha value is -1.40. The van der Waals surface area contributed by atoms with Gasteiger partial charge in [-0.2, -0.15) is 5.26 Å². The Morgan fingerprint density at radius 2 is 2.41 bits per heavy atom. The fourth-order valence-electron chi connectivity index (χ4n) is 2.09. The van der Waals surface area contributed by atoms with Crippen molar-refractivity contribution in [2.45, 2.75) is 45.2 Å². The third-order valence-corrected chi connectivity index (χ3v) is 3.39. The van der Waals surface area contributed by atoms with E-state index in [0.717, 1.165) is 24.4 Å². The van der Waals surface area contributed by atoms with Gasteiger partial charge in [0.1, 0.15) is 11.8 Å². The molecule has 17 heavy (non-hydrogen) atoms. The largest absolute Gasteiger partial charge is 0.310 e. The molecule has 1 saturated carbocycles. The van der Waals surface area contributed by atoms with Gasteiger partial charge < -0.3 is 5.32 Å². The lowest BCUT2D eigenvalue weighted by atomic mass is 10.1. The van der Waals surface area contributed by atoms with Gasteiger partial charge in [-0.05, 0) is 24.8 Å². The first-order valence-corrected chi connectivity index (χ1v) is 6.40. The van der Waals surface area contributed by atoms with Crippen LogP contribution in [0.2, 0.25) is 0 Å². The lowest BCUT2D eigenvalue weighted by molar-refractivity contribution is 0.444. The van der Waals surface area contributed by atoms with Crippen LogP contribution in [0.3, 0.4) is 0 Å². The van der Waals surface area contributed by atoms with E-state index in [0.29, 0.717) is 11.7 Å². The average molecular weight is 229 g/mol. The molecule has 3 heteroatoms. The van der Waals surface area contributed by atoms with E-state index >= 15 is 0 Å². The molecule has 0 aromatic carbocycles. The molecule has 0 bridgehead atoms. The number of nitrogens with one attached hydrogen (secondary N) is 1. The third kappa shape index (κ3) is 3.54. The van der Waals surface area contributed by atoms with Crippen LogP contribution in [0.1, 0.15) is 43.9 Å². The highest BCUT2D eigenvalue weighted by Crippen LogP contribution is 2.34. The molecule has 1 aliphatic carbocycles. The summed E-state index contributed by atoms with van der Waals surface area (Å²) in [5.41, 5.74) is 1.55. The van der Waals surface area contributed by atoms with Gasteiger partial charge >= 0.3 is 0 Å². The second-order valence-corrected chi connectivity index (χ2v) is 4.79. The highest BCUT2D eigenvalue weighted by molar-refractivity contribution is 5.30. The van der Waals surface area contributed by atoms with Gasteiger partial charge in [-0.15, -0.1) is 0 Å². The van der Waals surface area contributed by atoms with Crippen molar-refractivity contribution in [1.82, 2.24) is 10.3 Å². The zero-order chi connectivity index (χ0) is 12.1. The summed E-state index contributed by atoms with van der Waals surface area (Å²) in [7, 11) is 0. The van der Waals surface area contributed by atoms with Gasteiger partial charge in [0.2, 0.25) is 0 Å². The van der Waals surface area contributed by atoms with Crippen molar-refractivity contribution < 1.29 is 0 Å². The van der Waals surface area contributed by atoms with E-state index in [4.69, 9.17) is 5.26 Å².